The number of hydrogen-bond donors (Lipinski definition) is 0. The van der Waals surface area contributed by atoms with E-state index in [1.165, 1.54) is 12.1 Å². The van der Waals surface area contributed by atoms with Crippen LogP contribution in [0.1, 0.15) is 24.6 Å². The SMILES string of the molecule is Fc1cc(Cl)c(-n2c(Cl)nnc2C2CC2)c(Cl)c1. The molecule has 1 aliphatic carbocycles. The van der Waals surface area contributed by atoms with Crippen LogP contribution in [-0.4, -0.2) is 14.8 Å². The number of halogens is 4. The quantitative estimate of drug-likeness (QED) is 0.830. The molecule has 0 radical (unpaired) electrons. The summed E-state index contributed by atoms with van der Waals surface area (Å²) >= 11 is 18.1. The van der Waals surface area contributed by atoms with Crippen molar-refractivity contribution in [3.63, 3.8) is 0 Å². The van der Waals surface area contributed by atoms with E-state index in [9.17, 15) is 4.39 Å². The molecule has 0 atom stereocenters. The van der Waals surface area contributed by atoms with Gasteiger partial charge in [-0.3, -0.25) is 4.57 Å². The van der Waals surface area contributed by atoms with Gasteiger partial charge in [0.15, 0.2) is 0 Å². The van der Waals surface area contributed by atoms with Gasteiger partial charge in [0.25, 0.3) is 0 Å². The number of aromatic nitrogens is 3. The number of benzene rings is 1. The summed E-state index contributed by atoms with van der Waals surface area (Å²) in [7, 11) is 0. The molecule has 0 spiro atoms. The lowest BCUT2D eigenvalue weighted by atomic mass is 10.3. The normalized spacial score (nSPS) is 15.1. The topological polar surface area (TPSA) is 30.7 Å². The maximum absolute atomic E-state index is 13.2. The summed E-state index contributed by atoms with van der Waals surface area (Å²) in [6, 6.07) is 2.38. The summed E-state index contributed by atoms with van der Waals surface area (Å²) in [6.07, 6.45) is 2.07. The first-order valence-electron chi connectivity index (χ1n) is 5.33. The van der Waals surface area contributed by atoms with Gasteiger partial charge in [-0.1, -0.05) is 23.2 Å². The number of rotatable bonds is 2. The molecule has 1 aromatic carbocycles. The highest BCUT2D eigenvalue weighted by molar-refractivity contribution is 6.38. The zero-order chi connectivity index (χ0) is 12.9. The molecule has 1 aliphatic rings. The molecular formula is C11H7Cl3FN3. The van der Waals surface area contributed by atoms with Crippen LogP contribution in [0.25, 0.3) is 5.69 Å². The smallest absolute Gasteiger partial charge is 0.229 e. The minimum Gasteiger partial charge on any atom is -0.266 e. The van der Waals surface area contributed by atoms with Gasteiger partial charge >= 0.3 is 0 Å². The van der Waals surface area contributed by atoms with Crippen LogP contribution in [0.15, 0.2) is 12.1 Å². The van der Waals surface area contributed by atoms with Gasteiger partial charge in [-0.2, -0.15) is 0 Å². The highest BCUT2D eigenvalue weighted by Crippen LogP contribution is 2.42. The molecule has 7 heteroatoms. The molecule has 0 saturated heterocycles. The van der Waals surface area contributed by atoms with Crippen molar-refractivity contribution in [1.29, 1.82) is 0 Å². The summed E-state index contributed by atoms with van der Waals surface area (Å²) in [4.78, 5) is 0. The van der Waals surface area contributed by atoms with E-state index >= 15 is 0 Å². The van der Waals surface area contributed by atoms with Crippen molar-refractivity contribution in [3.05, 3.63) is 39.1 Å². The first-order valence-corrected chi connectivity index (χ1v) is 6.47. The van der Waals surface area contributed by atoms with E-state index in [0.717, 1.165) is 18.7 Å². The third-order valence-corrected chi connectivity index (χ3v) is 3.62. The Balaban J connectivity index is 2.23. The molecule has 0 N–H and O–H groups in total. The molecular weight excluding hydrogens is 299 g/mol. The zero-order valence-corrected chi connectivity index (χ0v) is 11.3. The molecule has 3 nitrogen and oxygen atoms in total. The van der Waals surface area contributed by atoms with Gasteiger partial charge in [-0.15, -0.1) is 10.2 Å². The van der Waals surface area contributed by atoms with Crippen molar-refractivity contribution < 1.29 is 4.39 Å². The molecule has 1 saturated carbocycles. The molecule has 18 heavy (non-hydrogen) atoms. The third-order valence-electron chi connectivity index (χ3n) is 2.80. The van der Waals surface area contributed by atoms with Gasteiger partial charge in [0.2, 0.25) is 5.28 Å². The lowest BCUT2D eigenvalue weighted by Gasteiger charge is -2.11. The van der Waals surface area contributed by atoms with Crippen molar-refractivity contribution >= 4 is 34.8 Å². The van der Waals surface area contributed by atoms with E-state index in [1.807, 2.05) is 0 Å². The van der Waals surface area contributed by atoms with Crippen molar-refractivity contribution in [2.24, 2.45) is 0 Å². The molecule has 2 aromatic rings. The van der Waals surface area contributed by atoms with Crippen molar-refractivity contribution in [2.45, 2.75) is 18.8 Å². The molecule has 0 unspecified atom stereocenters. The van der Waals surface area contributed by atoms with E-state index in [-0.39, 0.29) is 15.3 Å². The first-order chi connectivity index (χ1) is 8.58. The van der Waals surface area contributed by atoms with Crippen molar-refractivity contribution in [1.82, 2.24) is 14.8 Å². The van der Waals surface area contributed by atoms with Crippen LogP contribution in [0.3, 0.4) is 0 Å². The summed E-state index contributed by atoms with van der Waals surface area (Å²) in [5, 5.41) is 8.40. The predicted octanol–water partition coefficient (Wildman–Crippen LogP) is 4.24. The molecule has 3 rings (SSSR count). The van der Waals surface area contributed by atoms with Crippen LogP contribution in [0, 0.1) is 5.82 Å². The second-order valence-electron chi connectivity index (χ2n) is 4.15. The average molecular weight is 307 g/mol. The summed E-state index contributed by atoms with van der Waals surface area (Å²) < 4.78 is 14.8. The lowest BCUT2D eigenvalue weighted by molar-refractivity contribution is 0.627. The number of hydrogen-bond acceptors (Lipinski definition) is 2. The molecule has 0 bridgehead atoms. The Labute approximate surface area is 117 Å². The Kier molecular flexibility index (Phi) is 2.96. The largest absolute Gasteiger partial charge is 0.266 e. The third kappa shape index (κ3) is 1.98. The van der Waals surface area contributed by atoms with E-state index in [0.29, 0.717) is 11.6 Å². The second-order valence-corrected chi connectivity index (χ2v) is 5.31. The molecule has 1 heterocycles. The van der Waals surface area contributed by atoms with E-state index < -0.39 is 5.82 Å². The Bertz CT molecular complexity index is 599. The maximum Gasteiger partial charge on any atom is 0.229 e. The average Bonchev–Trinajstić information content (AvgIpc) is 3.04. The van der Waals surface area contributed by atoms with Gasteiger partial charge < -0.3 is 0 Å². The van der Waals surface area contributed by atoms with Gasteiger partial charge in [0.05, 0.1) is 15.7 Å². The van der Waals surface area contributed by atoms with Gasteiger partial charge in [-0.25, -0.2) is 4.39 Å². The van der Waals surface area contributed by atoms with Crippen LogP contribution in [0.5, 0.6) is 0 Å². The highest BCUT2D eigenvalue weighted by Gasteiger charge is 2.31. The molecule has 1 fully saturated rings. The van der Waals surface area contributed by atoms with Crippen LogP contribution in [0.4, 0.5) is 4.39 Å². The fourth-order valence-corrected chi connectivity index (χ4v) is 2.68. The van der Waals surface area contributed by atoms with Crippen molar-refractivity contribution in [2.75, 3.05) is 0 Å². The molecule has 0 amide bonds. The van der Waals surface area contributed by atoms with Crippen LogP contribution < -0.4 is 0 Å². The Morgan fingerprint density at radius 1 is 1.11 bits per heavy atom. The van der Waals surface area contributed by atoms with Crippen LogP contribution >= 0.6 is 34.8 Å². The predicted molar refractivity (Wildman–Crippen MR) is 68.3 cm³/mol. The van der Waals surface area contributed by atoms with Gasteiger partial charge in [-0.05, 0) is 36.6 Å². The monoisotopic (exact) mass is 305 g/mol. The second kappa shape index (κ2) is 4.37. The highest BCUT2D eigenvalue weighted by atomic mass is 35.5. The Morgan fingerprint density at radius 2 is 1.72 bits per heavy atom. The first kappa shape index (κ1) is 12.2. The molecule has 0 aliphatic heterocycles. The minimum atomic E-state index is -0.495. The van der Waals surface area contributed by atoms with E-state index in [4.69, 9.17) is 34.8 Å². The Morgan fingerprint density at radius 3 is 2.28 bits per heavy atom. The number of nitrogens with zero attached hydrogens (tertiary/aromatic N) is 3. The van der Waals surface area contributed by atoms with E-state index in [1.54, 1.807) is 4.57 Å². The van der Waals surface area contributed by atoms with Gasteiger partial charge in [0, 0.05) is 5.92 Å². The van der Waals surface area contributed by atoms with Gasteiger partial charge in [0.1, 0.15) is 11.6 Å². The van der Waals surface area contributed by atoms with Crippen LogP contribution in [-0.2, 0) is 0 Å². The van der Waals surface area contributed by atoms with Crippen LogP contribution in [0.2, 0.25) is 15.3 Å². The molecule has 94 valence electrons. The minimum absolute atomic E-state index is 0.173. The fraction of sp³-hybridized carbons (Fsp3) is 0.273. The summed E-state index contributed by atoms with van der Waals surface area (Å²) in [6.45, 7) is 0. The summed E-state index contributed by atoms with van der Waals surface area (Å²) in [5.41, 5.74) is 0.427. The lowest BCUT2D eigenvalue weighted by Crippen LogP contribution is -2.02. The van der Waals surface area contributed by atoms with Crippen molar-refractivity contribution in [3.8, 4) is 5.69 Å². The molecule has 1 aromatic heterocycles. The summed E-state index contributed by atoms with van der Waals surface area (Å²) in [5.74, 6) is 0.545. The van der Waals surface area contributed by atoms with E-state index in [2.05, 4.69) is 10.2 Å². The maximum atomic E-state index is 13.2. The zero-order valence-electron chi connectivity index (χ0n) is 9.00. The fourth-order valence-electron chi connectivity index (χ4n) is 1.84. The Hall–Kier alpha value is -0.840. The standard InChI is InChI=1S/C11H7Cl3FN3/c12-7-3-6(15)4-8(13)9(7)18-10(5-1-2-5)16-17-11(18)14/h3-5H,1-2H2.